The van der Waals surface area contributed by atoms with Crippen LogP contribution in [0.5, 0.6) is 11.5 Å². The summed E-state index contributed by atoms with van der Waals surface area (Å²) in [7, 11) is 2.84. The largest absolute Gasteiger partial charge is 0.493 e. The van der Waals surface area contributed by atoms with Crippen molar-refractivity contribution in [2.24, 2.45) is 0 Å². The lowest BCUT2D eigenvalue weighted by molar-refractivity contribution is -0.137. The van der Waals surface area contributed by atoms with E-state index in [1.54, 1.807) is 19.1 Å². The number of ether oxygens (including phenoxy) is 3. The standard InChI is InChI=1S/C12H13BrO5/c1-4-18-12(15)10(14)9-7(13)5-6-8(16-2)11(9)17-3/h5-6H,4H2,1-3H3. The zero-order valence-electron chi connectivity index (χ0n) is 10.3. The highest BCUT2D eigenvalue weighted by atomic mass is 79.9. The smallest absolute Gasteiger partial charge is 0.379 e. The Bertz CT molecular complexity index is 470. The van der Waals surface area contributed by atoms with Crippen molar-refractivity contribution in [1.82, 2.24) is 0 Å². The fraction of sp³-hybridized carbons (Fsp3) is 0.333. The second-order valence-corrected chi connectivity index (χ2v) is 4.06. The fourth-order valence-electron chi connectivity index (χ4n) is 1.41. The predicted octanol–water partition coefficient (Wildman–Crippen LogP) is 2.21. The molecule has 0 atom stereocenters. The quantitative estimate of drug-likeness (QED) is 0.473. The van der Waals surface area contributed by atoms with Crippen molar-refractivity contribution < 1.29 is 23.8 Å². The Labute approximate surface area is 113 Å². The Kier molecular flexibility index (Phi) is 5.15. The van der Waals surface area contributed by atoms with Gasteiger partial charge in [-0.05, 0) is 35.0 Å². The second kappa shape index (κ2) is 6.39. The summed E-state index contributed by atoms with van der Waals surface area (Å²) in [6, 6.07) is 3.23. The molecular weight excluding hydrogens is 304 g/mol. The molecule has 0 saturated carbocycles. The third-order valence-electron chi connectivity index (χ3n) is 2.18. The Morgan fingerprint density at radius 2 is 1.89 bits per heavy atom. The number of hydrogen-bond acceptors (Lipinski definition) is 5. The molecule has 6 heteroatoms. The van der Waals surface area contributed by atoms with Crippen LogP contribution in [0.4, 0.5) is 0 Å². The Hall–Kier alpha value is -1.56. The van der Waals surface area contributed by atoms with Gasteiger partial charge in [0.1, 0.15) is 0 Å². The lowest BCUT2D eigenvalue weighted by Crippen LogP contribution is -2.19. The number of methoxy groups -OCH3 is 2. The summed E-state index contributed by atoms with van der Waals surface area (Å²) in [4.78, 5) is 23.4. The molecule has 0 unspecified atom stereocenters. The van der Waals surface area contributed by atoms with Crippen LogP contribution < -0.4 is 9.47 Å². The minimum atomic E-state index is -0.926. The normalized spacial score (nSPS) is 9.78. The topological polar surface area (TPSA) is 61.8 Å². The van der Waals surface area contributed by atoms with E-state index in [1.165, 1.54) is 14.2 Å². The van der Waals surface area contributed by atoms with Crippen LogP contribution in [0.15, 0.2) is 16.6 Å². The number of halogens is 1. The van der Waals surface area contributed by atoms with Crippen LogP contribution in [0.1, 0.15) is 17.3 Å². The number of Topliss-reactive ketones (excluding diaryl/α,β-unsaturated/α-hetero) is 1. The highest BCUT2D eigenvalue weighted by Gasteiger charge is 2.26. The van der Waals surface area contributed by atoms with E-state index in [-0.39, 0.29) is 17.9 Å². The lowest BCUT2D eigenvalue weighted by Gasteiger charge is -2.12. The molecule has 18 heavy (non-hydrogen) atoms. The Morgan fingerprint density at radius 3 is 2.39 bits per heavy atom. The first-order chi connectivity index (χ1) is 8.56. The molecule has 0 saturated heterocycles. The highest BCUT2D eigenvalue weighted by Crippen LogP contribution is 2.36. The van der Waals surface area contributed by atoms with Crippen LogP contribution in [-0.4, -0.2) is 32.6 Å². The van der Waals surface area contributed by atoms with E-state index in [0.717, 1.165) is 0 Å². The first kappa shape index (κ1) is 14.5. The van der Waals surface area contributed by atoms with Gasteiger partial charge in [0, 0.05) is 4.47 Å². The van der Waals surface area contributed by atoms with Crippen molar-refractivity contribution in [3.8, 4) is 11.5 Å². The van der Waals surface area contributed by atoms with Crippen LogP contribution in [0.25, 0.3) is 0 Å². The molecule has 0 aliphatic rings. The Balaban J connectivity index is 3.29. The number of carbonyl (C=O) groups is 2. The molecule has 0 aliphatic heterocycles. The molecule has 0 amide bonds. The molecule has 0 radical (unpaired) electrons. The number of hydrogen-bond donors (Lipinski definition) is 0. The molecular formula is C12H13BrO5. The summed E-state index contributed by atoms with van der Waals surface area (Å²) in [5.41, 5.74) is 0.0929. The Morgan fingerprint density at radius 1 is 1.22 bits per heavy atom. The van der Waals surface area contributed by atoms with E-state index in [4.69, 9.17) is 9.47 Å². The lowest BCUT2D eigenvalue weighted by atomic mass is 10.1. The van der Waals surface area contributed by atoms with Crippen molar-refractivity contribution in [2.75, 3.05) is 20.8 Å². The number of ketones is 1. The van der Waals surface area contributed by atoms with Crippen molar-refractivity contribution in [3.05, 3.63) is 22.2 Å². The molecule has 5 nitrogen and oxygen atoms in total. The maximum atomic E-state index is 12.0. The number of carbonyl (C=O) groups excluding carboxylic acids is 2. The van der Waals surface area contributed by atoms with Gasteiger partial charge in [-0.3, -0.25) is 4.79 Å². The molecule has 0 spiro atoms. The molecule has 0 aliphatic carbocycles. The average molecular weight is 317 g/mol. The van der Waals surface area contributed by atoms with Gasteiger partial charge in [0.15, 0.2) is 11.5 Å². The third-order valence-corrected chi connectivity index (χ3v) is 2.84. The van der Waals surface area contributed by atoms with E-state index in [1.807, 2.05) is 0 Å². The van der Waals surface area contributed by atoms with Crippen LogP contribution >= 0.6 is 15.9 Å². The predicted molar refractivity (Wildman–Crippen MR) is 68.2 cm³/mol. The molecule has 98 valence electrons. The van der Waals surface area contributed by atoms with Crippen molar-refractivity contribution in [1.29, 1.82) is 0 Å². The van der Waals surface area contributed by atoms with Gasteiger partial charge in [-0.1, -0.05) is 0 Å². The molecule has 1 rings (SSSR count). The maximum absolute atomic E-state index is 12.0. The summed E-state index contributed by atoms with van der Waals surface area (Å²) < 4.78 is 15.3. The zero-order chi connectivity index (χ0) is 13.7. The summed E-state index contributed by atoms with van der Waals surface area (Å²) in [6.45, 7) is 1.76. The van der Waals surface area contributed by atoms with Crippen LogP contribution in [0, 0.1) is 0 Å². The van der Waals surface area contributed by atoms with Crippen LogP contribution in [0.3, 0.4) is 0 Å². The molecule has 0 N–H and O–H groups in total. The van der Waals surface area contributed by atoms with Gasteiger partial charge in [-0.2, -0.15) is 0 Å². The van der Waals surface area contributed by atoms with Crippen LogP contribution in [0.2, 0.25) is 0 Å². The number of esters is 1. The minimum absolute atomic E-state index is 0.0929. The van der Waals surface area contributed by atoms with E-state index < -0.39 is 11.8 Å². The van der Waals surface area contributed by atoms with Gasteiger partial charge in [0.2, 0.25) is 0 Å². The van der Waals surface area contributed by atoms with E-state index in [0.29, 0.717) is 10.2 Å². The SMILES string of the molecule is CCOC(=O)C(=O)c1c(Br)ccc(OC)c1OC. The molecule has 0 fully saturated rings. The van der Waals surface area contributed by atoms with Gasteiger partial charge in [0.05, 0.1) is 26.4 Å². The zero-order valence-corrected chi connectivity index (χ0v) is 11.9. The summed E-state index contributed by atoms with van der Waals surface area (Å²) >= 11 is 3.21. The van der Waals surface area contributed by atoms with Crippen LogP contribution in [-0.2, 0) is 9.53 Å². The van der Waals surface area contributed by atoms with E-state index in [2.05, 4.69) is 20.7 Å². The van der Waals surface area contributed by atoms with Crippen molar-refractivity contribution in [3.63, 3.8) is 0 Å². The monoisotopic (exact) mass is 316 g/mol. The summed E-state index contributed by atoms with van der Waals surface area (Å²) in [5.74, 6) is -1.14. The van der Waals surface area contributed by atoms with Gasteiger partial charge in [0.25, 0.3) is 5.78 Å². The molecule has 1 aromatic carbocycles. The number of rotatable bonds is 5. The summed E-state index contributed by atoms with van der Waals surface area (Å²) in [6.07, 6.45) is 0. The minimum Gasteiger partial charge on any atom is -0.493 e. The van der Waals surface area contributed by atoms with Gasteiger partial charge < -0.3 is 14.2 Å². The van der Waals surface area contributed by atoms with Gasteiger partial charge in [-0.25, -0.2) is 4.79 Å². The fourth-order valence-corrected chi connectivity index (χ4v) is 1.91. The molecule has 0 heterocycles. The first-order valence-corrected chi connectivity index (χ1v) is 5.98. The van der Waals surface area contributed by atoms with Crippen molar-refractivity contribution in [2.45, 2.75) is 6.92 Å². The second-order valence-electron chi connectivity index (χ2n) is 3.21. The number of benzene rings is 1. The van der Waals surface area contributed by atoms with Gasteiger partial charge in [-0.15, -0.1) is 0 Å². The molecule has 0 bridgehead atoms. The van der Waals surface area contributed by atoms with E-state index >= 15 is 0 Å². The van der Waals surface area contributed by atoms with E-state index in [9.17, 15) is 9.59 Å². The maximum Gasteiger partial charge on any atom is 0.379 e. The molecule has 0 aromatic heterocycles. The third kappa shape index (κ3) is 2.81. The highest BCUT2D eigenvalue weighted by molar-refractivity contribution is 9.10. The molecule has 1 aromatic rings. The first-order valence-electron chi connectivity index (χ1n) is 5.18. The van der Waals surface area contributed by atoms with Gasteiger partial charge >= 0.3 is 5.97 Å². The average Bonchev–Trinajstić information content (AvgIpc) is 2.37. The summed E-state index contributed by atoms with van der Waals surface area (Å²) in [5, 5.41) is 0. The van der Waals surface area contributed by atoms with Crippen molar-refractivity contribution >= 4 is 27.7 Å².